The molecule has 1 nitrogen and oxygen atoms in total. The zero-order valence-electron chi connectivity index (χ0n) is 8.40. The third kappa shape index (κ3) is 1.82. The van der Waals surface area contributed by atoms with Gasteiger partial charge in [0.05, 0.1) is 0 Å². The molecule has 0 aromatic carbocycles. The molecule has 2 saturated carbocycles. The van der Waals surface area contributed by atoms with Crippen LogP contribution < -0.4 is 5.32 Å². The lowest BCUT2D eigenvalue weighted by atomic mass is 9.67. The lowest BCUT2D eigenvalue weighted by Crippen LogP contribution is -2.39. The molecule has 0 heterocycles. The van der Waals surface area contributed by atoms with E-state index in [1.807, 2.05) is 0 Å². The molecular weight excluding hydrogens is 146 g/mol. The van der Waals surface area contributed by atoms with Gasteiger partial charge in [-0.05, 0) is 37.0 Å². The van der Waals surface area contributed by atoms with Gasteiger partial charge in [-0.2, -0.15) is 0 Å². The molecule has 2 fully saturated rings. The molecule has 1 heteroatoms. The summed E-state index contributed by atoms with van der Waals surface area (Å²) in [4.78, 5) is 0. The second kappa shape index (κ2) is 3.02. The highest BCUT2D eigenvalue weighted by Gasteiger charge is 2.34. The average molecular weight is 167 g/mol. The number of hydrogen-bond donors (Lipinski definition) is 1. The Morgan fingerprint density at radius 1 is 1.17 bits per heavy atom. The van der Waals surface area contributed by atoms with Gasteiger partial charge in [0.2, 0.25) is 0 Å². The van der Waals surface area contributed by atoms with Crippen LogP contribution in [0.5, 0.6) is 0 Å². The van der Waals surface area contributed by atoms with Crippen LogP contribution in [0.3, 0.4) is 0 Å². The predicted molar refractivity (Wildman–Crippen MR) is 52.1 cm³/mol. The highest BCUT2D eigenvalue weighted by molar-refractivity contribution is 4.89. The molecule has 0 aromatic heterocycles. The van der Waals surface area contributed by atoms with E-state index >= 15 is 0 Å². The first kappa shape index (κ1) is 8.55. The Bertz CT molecular complexity index is 154. The van der Waals surface area contributed by atoms with Gasteiger partial charge >= 0.3 is 0 Å². The zero-order chi connectivity index (χ0) is 8.60. The van der Waals surface area contributed by atoms with E-state index in [0.717, 1.165) is 12.0 Å². The maximum absolute atomic E-state index is 3.65. The molecule has 0 aliphatic heterocycles. The van der Waals surface area contributed by atoms with E-state index in [1.165, 1.54) is 38.6 Å². The van der Waals surface area contributed by atoms with Gasteiger partial charge in [0, 0.05) is 12.6 Å². The fraction of sp³-hybridized carbons (Fsp3) is 1.00. The first-order valence-corrected chi connectivity index (χ1v) is 5.42. The van der Waals surface area contributed by atoms with Gasteiger partial charge in [0.1, 0.15) is 0 Å². The quantitative estimate of drug-likeness (QED) is 0.678. The summed E-state index contributed by atoms with van der Waals surface area (Å²) in [5.74, 6) is 1.00. The number of rotatable bonds is 4. The van der Waals surface area contributed by atoms with Crippen molar-refractivity contribution in [1.29, 1.82) is 0 Å². The Morgan fingerprint density at radius 2 is 1.83 bits per heavy atom. The second-order valence-electron chi connectivity index (χ2n) is 5.27. The SMILES string of the molecule is CC(C)(CNC1CC1)C1CCC1. The predicted octanol–water partition coefficient (Wildman–Crippen LogP) is 2.56. The summed E-state index contributed by atoms with van der Waals surface area (Å²) in [5, 5.41) is 3.65. The molecule has 1 N–H and O–H groups in total. The van der Waals surface area contributed by atoms with E-state index in [-0.39, 0.29) is 0 Å². The van der Waals surface area contributed by atoms with Crippen LogP contribution >= 0.6 is 0 Å². The summed E-state index contributed by atoms with van der Waals surface area (Å²) in [6.07, 6.45) is 7.25. The Labute approximate surface area is 75.9 Å². The average Bonchev–Trinajstić information content (AvgIpc) is 2.59. The molecule has 12 heavy (non-hydrogen) atoms. The van der Waals surface area contributed by atoms with Gasteiger partial charge in [-0.1, -0.05) is 20.3 Å². The monoisotopic (exact) mass is 167 g/mol. The van der Waals surface area contributed by atoms with Crippen molar-refractivity contribution in [3.05, 3.63) is 0 Å². The smallest absolute Gasteiger partial charge is 0.00684 e. The van der Waals surface area contributed by atoms with Crippen LogP contribution in [-0.2, 0) is 0 Å². The van der Waals surface area contributed by atoms with E-state index in [1.54, 1.807) is 0 Å². The van der Waals surface area contributed by atoms with Gasteiger partial charge in [0.15, 0.2) is 0 Å². The Hall–Kier alpha value is -0.0400. The molecule has 0 spiro atoms. The van der Waals surface area contributed by atoms with Gasteiger partial charge in [0.25, 0.3) is 0 Å². The molecule has 0 aromatic rings. The number of nitrogens with one attached hydrogen (secondary N) is 1. The van der Waals surface area contributed by atoms with Crippen molar-refractivity contribution in [2.75, 3.05) is 6.54 Å². The Balaban J connectivity index is 1.73. The van der Waals surface area contributed by atoms with Crippen LogP contribution in [0.2, 0.25) is 0 Å². The summed E-state index contributed by atoms with van der Waals surface area (Å²) in [7, 11) is 0. The van der Waals surface area contributed by atoms with Crippen LogP contribution in [0, 0.1) is 11.3 Å². The summed E-state index contributed by atoms with van der Waals surface area (Å²) in [6.45, 7) is 6.08. The maximum Gasteiger partial charge on any atom is 0.00684 e. The van der Waals surface area contributed by atoms with Gasteiger partial charge < -0.3 is 5.32 Å². The van der Waals surface area contributed by atoms with Crippen LogP contribution in [0.4, 0.5) is 0 Å². The molecule has 2 aliphatic rings. The molecule has 0 atom stereocenters. The van der Waals surface area contributed by atoms with Crippen LogP contribution in [-0.4, -0.2) is 12.6 Å². The van der Waals surface area contributed by atoms with Crippen molar-refractivity contribution in [3.63, 3.8) is 0 Å². The van der Waals surface area contributed by atoms with Crippen LogP contribution in [0.25, 0.3) is 0 Å². The molecule has 0 bridgehead atoms. The minimum atomic E-state index is 0.556. The standard InChI is InChI=1S/C11H21N/c1-11(2,9-4-3-5-9)8-12-10-6-7-10/h9-10,12H,3-8H2,1-2H3. The van der Waals surface area contributed by atoms with E-state index in [2.05, 4.69) is 19.2 Å². The van der Waals surface area contributed by atoms with Gasteiger partial charge in [-0.3, -0.25) is 0 Å². The maximum atomic E-state index is 3.65. The topological polar surface area (TPSA) is 12.0 Å². The lowest BCUT2D eigenvalue weighted by molar-refractivity contribution is 0.118. The highest BCUT2D eigenvalue weighted by Crippen LogP contribution is 2.41. The molecule has 0 saturated heterocycles. The Kier molecular flexibility index (Phi) is 2.16. The summed E-state index contributed by atoms with van der Waals surface area (Å²) < 4.78 is 0. The lowest BCUT2D eigenvalue weighted by Gasteiger charge is -2.40. The fourth-order valence-electron chi connectivity index (χ4n) is 2.03. The van der Waals surface area contributed by atoms with Crippen molar-refractivity contribution < 1.29 is 0 Å². The van der Waals surface area contributed by atoms with E-state index in [9.17, 15) is 0 Å². The van der Waals surface area contributed by atoms with Crippen molar-refractivity contribution >= 4 is 0 Å². The Morgan fingerprint density at radius 3 is 2.25 bits per heavy atom. The van der Waals surface area contributed by atoms with Crippen molar-refractivity contribution in [1.82, 2.24) is 5.32 Å². The fourth-order valence-corrected chi connectivity index (χ4v) is 2.03. The van der Waals surface area contributed by atoms with Gasteiger partial charge in [-0.15, -0.1) is 0 Å². The largest absolute Gasteiger partial charge is 0.313 e. The third-order valence-corrected chi connectivity index (χ3v) is 3.63. The summed E-state index contributed by atoms with van der Waals surface area (Å²) in [6, 6.07) is 0.879. The molecule has 70 valence electrons. The molecule has 2 rings (SSSR count). The first-order valence-electron chi connectivity index (χ1n) is 5.42. The summed E-state index contributed by atoms with van der Waals surface area (Å²) in [5.41, 5.74) is 0.556. The van der Waals surface area contributed by atoms with Crippen molar-refractivity contribution in [3.8, 4) is 0 Å². The van der Waals surface area contributed by atoms with Crippen LogP contribution in [0.1, 0.15) is 46.0 Å². The number of hydrogen-bond acceptors (Lipinski definition) is 1. The minimum Gasteiger partial charge on any atom is -0.313 e. The van der Waals surface area contributed by atoms with Crippen molar-refractivity contribution in [2.45, 2.75) is 52.0 Å². The van der Waals surface area contributed by atoms with E-state index in [0.29, 0.717) is 5.41 Å². The van der Waals surface area contributed by atoms with Gasteiger partial charge in [-0.25, -0.2) is 0 Å². The summed E-state index contributed by atoms with van der Waals surface area (Å²) >= 11 is 0. The third-order valence-electron chi connectivity index (χ3n) is 3.63. The van der Waals surface area contributed by atoms with Crippen LogP contribution in [0.15, 0.2) is 0 Å². The normalized spacial score (nSPS) is 25.5. The zero-order valence-corrected chi connectivity index (χ0v) is 8.40. The molecule has 0 amide bonds. The molecule has 2 aliphatic carbocycles. The van der Waals surface area contributed by atoms with E-state index < -0.39 is 0 Å². The molecular formula is C11H21N. The second-order valence-corrected chi connectivity index (χ2v) is 5.27. The molecule has 0 unspecified atom stereocenters. The minimum absolute atomic E-state index is 0.556. The highest BCUT2D eigenvalue weighted by atomic mass is 15.0. The first-order chi connectivity index (χ1) is 5.68. The molecule has 0 radical (unpaired) electrons. The van der Waals surface area contributed by atoms with E-state index in [4.69, 9.17) is 0 Å². The van der Waals surface area contributed by atoms with Crippen molar-refractivity contribution in [2.24, 2.45) is 11.3 Å².